The predicted octanol–water partition coefficient (Wildman–Crippen LogP) is 2.40. The van der Waals surface area contributed by atoms with Crippen LogP contribution in [-0.2, 0) is 4.79 Å². The highest BCUT2D eigenvalue weighted by molar-refractivity contribution is 5.86. The number of phenols is 1. The summed E-state index contributed by atoms with van der Waals surface area (Å²) in [6, 6.07) is 7.17. The molecular formula is C16H27Cl2N3O2. The fraction of sp³-hybridized carbons (Fsp3) is 0.562. The van der Waals surface area contributed by atoms with Gasteiger partial charge in [-0.15, -0.1) is 24.8 Å². The molecule has 0 spiro atoms. The molecule has 23 heavy (non-hydrogen) atoms. The number of phenolic OH excluding ortho intramolecular Hbond substituents is 1. The van der Waals surface area contributed by atoms with Crippen molar-refractivity contribution in [3.8, 4) is 5.75 Å². The number of nitrogens with two attached hydrogens (primary N) is 1. The van der Waals surface area contributed by atoms with Gasteiger partial charge in [0.25, 0.3) is 0 Å². The summed E-state index contributed by atoms with van der Waals surface area (Å²) in [5.74, 6) is 0.320. The van der Waals surface area contributed by atoms with Crippen molar-refractivity contribution in [3.05, 3.63) is 24.3 Å². The number of rotatable bonds is 4. The minimum Gasteiger partial charge on any atom is -0.508 e. The highest BCUT2D eigenvalue weighted by atomic mass is 35.5. The van der Waals surface area contributed by atoms with E-state index in [-0.39, 0.29) is 36.5 Å². The lowest BCUT2D eigenvalue weighted by molar-refractivity contribution is -0.137. The van der Waals surface area contributed by atoms with Gasteiger partial charge in [-0.1, -0.05) is 13.3 Å². The minimum absolute atomic E-state index is 0. The molecule has 1 heterocycles. The van der Waals surface area contributed by atoms with Crippen molar-refractivity contribution in [1.82, 2.24) is 4.90 Å². The van der Waals surface area contributed by atoms with Gasteiger partial charge in [-0.2, -0.15) is 0 Å². The van der Waals surface area contributed by atoms with E-state index in [1.54, 1.807) is 12.1 Å². The number of anilines is 1. The highest BCUT2D eigenvalue weighted by Crippen LogP contribution is 2.21. The second kappa shape index (κ2) is 9.21. The number of hydrogen-bond acceptors (Lipinski definition) is 4. The summed E-state index contributed by atoms with van der Waals surface area (Å²) < 4.78 is 0. The van der Waals surface area contributed by atoms with Gasteiger partial charge in [0, 0.05) is 31.9 Å². The van der Waals surface area contributed by atoms with Crippen molar-refractivity contribution < 1.29 is 9.90 Å². The van der Waals surface area contributed by atoms with Gasteiger partial charge in [0.05, 0.1) is 5.54 Å². The molecular weight excluding hydrogens is 337 g/mol. The summed E-state index contributed by atoms with van der Waals surface area (Å²) in [5, 5.41) is 9.32. The standard InChI is InChI=1S/C16H25N3O2.2ClH/c1-3-8-16(2,17)15(21)19-11-9-18(10-12-19)13-4-6-14(20)7-5-13;;/h4-7,20H,3,8-12,17H2,1-2H3;2*1H. The molecule has 0 aliphatic carbocycles. The number of carbonyl (C=O) groups excluding carboxylic acids is 1. The van der Waals surface area contributed by atoms with Crippen LogP contribution in [0.2, 0.25) is 0 Å². The highest BCUT2D eigenvalue weighted by Gasteiger charge is 2.33. The Bertz CT molecular complexity index is 487. The van der Waals surface area contributed by atoms with E-state index < -0.39 is 5.54 Å². The van der Waals surface area contributed by atoms with Crippen LogP contribution in [0.3, 0.4) is 0 Å². The van der Waals surface area contributed by atoms with Crippen LogP contribution in [0.5, 0.6) is 5.75 Å². The summed E-state index contributed by atoms with van der Waals surface area (Å²) in [6.45, 7) is 6.83. The average Bonchev–Trinajstić information content (AvgIpc) is 2.47. The predicted molar refractivity (Wildman–Crippen MR) is 98.9 cm³/mol. The molecule has 1 aromatic carbocycles. The maximum absolute atomic E-state index is 12.4. The maximum atomic E-state index is 12.4. The summed E-state index contributed by atoms with van der Waals surface area (Å²) >= 11 is 0. The second-order valence-electron chi connectivity index (χ2n) is 5.96. The number of hydrogen-bond donors (Lipinski definition) is 2. The molecule has 7 heteroatoms. The number of aromatic hydroxyl groups is 1. The number of benzene rings is 1. The van der Waals surface area contributed by atoms with Gasteiger partial charge in [-0.05, 0) is 37.6 Å². The molecule has 0 bridgehead atoms. The van der Waals surface area contributed by atoms with E-state index in [2.05, 4.69) is 4.90 Å². The van der Waals surface area contributed by atoms with Crippen molar-refractivity contribution >= 4 is 36.4 Å². The largest absolute Gasteiger partial charge is 0.508 e. The molecule has 1 aromatic rings. The molecule has 1 amide bonds. The molecule has 1 fully saturated rings. The Morgan fingerprint density at radius 2 is 1.70 bits per heavy atom. The first kappa shape index (κ1) is 21.8. The zero-order chi connectivity index (χ0) is 15.5. The molecule has 0 saturated carbocycles. The van der Waals surface area contributed by atoms with Gasteiger partial charge in [-0.3, -0.25) is 4.79 Å². The first-order valence-electron chi connectivity index (χ1n) is 7.56. The van der Waals surface area contributed by atoms with Crippen LogP contribution in [-0.4, -0.2) is 47.6 Å². The van der Waals surface area contributed by atoms with Gasteiger partial charge >= 0.3 is 0 Å². The van der Waals surface area contributed by atoms with Gasteiger partial charge in [0.15, 0.2) is 0 Å². The van der Waals surface area contributed by atoms with E-state index in [4.69, 9.17) is 5.73 Å². The summed E-state index contributed by atoms with van der Waals surface area (Å²) in [5.41, 5.74) is 6.45. The molecule has 1 saturated heterocycles. The Morgan fingerprint density at radius 1 is 1.17 bits per heavy atom. The van der Waals surface area contributed by atoms with Gasteiger partial charge in [0.2, 0.25) is 5.91 Å². The monoisotopic (exact) mass is 363 g/mol. The number of halogens is 2. The van der Waals surface area contributed by atoms with Crippen LogP contribution >= 0.6 is 24.8 Å². The number of nitrogens with zero attached hydrogens (tertiary/aromatic N) is 2. The second-order valence-corrected chi connectivity index (χ2v) is 5.96. The smallest absolute Gasteiger partial charge is 0.242 e. The van der Waals surface area contributed by atoms with E-state index in [1.807, 2.05) is 30.9 Å². The van der Waals surface area contributed by atoms with Crippen molar-refractivity contribution in [2.24, 2.45) is 5.73 Å². The quantitative estimate of drug-likeness (QED) is 0.861. The van der Waals surface area contributed by atoms with Crippen LogP contribution in [0.25, 0.3) is 0 Å². The molecule has 0 radical (unpaired) electrons. The van der Waals surface area contributed by atoms with E-state index in [0.717, 1.165) is 25.2 Å². The van der Waals surface area contributed by atoms with Crippen molar-refractivity contribution in [1.29, 1.82) is 0 Å². The average molecular weight is 364 g/mol. The molecule has 0 aromatic heterocycles. The number of carbonyl (C=O) groups is 1. The lowest BCUT2D eigenvalue weighted by atomic mass is 9.95. The molecule has 5 nitrogen and oxygen atoms in total. The minimum atomic E-state index is -0.755. The van der Waals surface area contributed by atoms with Crippen LogP contribution in [0.4, 0.5) is 5.69 Å². The first-order valence-corrected chi connectivity index (χ1v) is 7.56. The van der Waals surface area contributed by atoms with Gasteiger partial charge in [-0.25, -0.2) is 0 Å². The van der Waals surface area contributed by atoms with E-state index >= 15 is 0 Å². The number of piperazine rings is 1. The summed E-state index contributed by atoms with van der Waals surface area (Å²) in [6.07, 6.45) is 1.62. The van der Waals surface area contributed by atoms with Crippen molar-refractivity contribution in [3.63, 3.8) is 0 Å². The fourth-order valence-corrected chi connectivity index (χ4v) is 2.82. The Kier molecular flexibility index (Phi) is 8.74. The van der Waals surface area contributed by atoms with Crippen molar-refractivity contribution in [2.45, 2.75) is 32.2 Å². The fourth-order valence-electron chi connectivity index (χ4n) is 2.82. The maximum Gasteiger partial charge on any atom is 0.242 e. The van der Waals surface area contributed by atoms with Crippen molar-refractivity contribution in [2.75, 3.05) is 31.1 Å². The number of amides is 1. The Labute approximate surface area is 150 Å². The van der Waals surface area contributed by atoms with Crippen LogP contribution in [0.1, 0.15) is 26.7 Å². The first-order chi connectivity index (χ1) is 9.94. The third-order valence-electron chi connectivity index (χ3n) is 4.04. The molecule has 3 N–H and O–H groups in total. The van der Waals surface area contributed by atoms with Crippen LogP contribution < -0.4 is 10.6 Å². The Balaban J connectivity index is 0.00000242. The summed E-state index contributed by atoms with van der Waals surface area (Å²) in [4.78, 5) is 16.5. The molecule has 132 valence electrons. The molecule has 1 unspecified atom stereocenters. The van der Waals surface area contributed by atoms with E-state index in [0.29, 0.717) is 19.5 Å². The van der Waals surface area contributed by atoms with Crippen LogP contribution in [0.15, 0.2) is 24.3 Å². The van der Waals surface area contributed by atoms with Gasteiger partial charge < -0.3 is 20.6 Å². The Hall–Kier alpha value is -1.17. The molecule has 2 rings (SSSR count). The zero-order valence-electron chi connectivity index (χ0n) is 13.7. The SMILES string of the molecule is CCCC(C)(N)C(=O)N1CCN(c2ccc(O)cc2)CC1.Cl.Cl. The topological polar surface area (TPSA) is 69.8 Å². The lowest BCUT2D eigenvalue weighted by Crippen LogP contribution is -2.58. The molecule has 1 atom stereocenters. The molecule has 1 aliphatic heterocycles. The Morgan fingerprint density at radius 3 is 2.17 bits per heavy atom. The van der Waals surface area contributed by atoms with E-state index in [1.165, 1.54) is 0 Å². The third kappa shape index (κ3) is 5.44. The van der Waals surface area contributed by atoms with Crippen LogP contribution in [0, 0.1) is 0 Å². The molecule has 1 aliphatic rings. The summed E-state index contributed by atoms with van der Waals surface area (Å²) in [7, 11) is 0. The zero-order valence-corrected chi connectivity index (χ0v) is 15.3. The lowest BCUT2D eigenvalue weighted by Gasteiger charge is -2.39. The normalized spacial score (nSPS) is 16.8. The van der Waals surface area contributed by atoms with Gasteiger partial charge in [0.1, 0.15) is 5.75 Å². The van der Waals surface area contributed by atoms with E-state index in [9.17, 15) is 9.90 Å². The third-order valence-corrected chi connectivity index (χ3v) is 4.04.